The minimum absolute atomic E-state index is 0.166. The van der Waals surface area contributed by atoms with Crippen molar-refractivity contribution < 1.29 is 18.5 Å². The van der Waals surface area contributed by atoms with Crippen LogP contribution in [0.3, 0.4) is 0 Å². The van der Waals surface area contributed by atoms with Gasteiger partial charge in [-0.1, -0.05) is 45.0 Å². The zero-order valence-corrected chi connectivity index (χ0v) is 19.5. The molecule has 1 amide bonds. The molecule has 2 atom stereocenters. The second kappa shape index (κ2) is 9.19. The lowest BCUT2D eigenvalue weighted by atomic mass is 9.94. The average Bonchev–Trinajstić information content (AvgIpc) is 3.06. The summed E-state index contributed by atoms with van der Waals surface area (Å²) in [4.78, 5) is 13.8. The molecule has 0 aliphatic carbocycles. The molecule has 2 aromatic carbocycles. The summed E-state index contributed by atoms with van der Waals surface area (Å²) >= 11 is -1.89. The molecule has 32 heavy (non-hydrogen) atoms. The number of aromatic hydroxyl groups is 1. The van der Waals surface area contributed by atoms with E-state index >= 15 is 4.39 Å². The maximum Gasteiger partial charge on any atom is 0.253 e. The Bertz CT molecular complexity index is 1040. The molecule has 2 aliphatic heterocycles. The van der Waals surface area contributed by atoms with Gasteiger partial charge in [0.05, 0.1) is 0 Å². The van der Waals surface area contributed by atoms with Crippen LogP contribution in [-0.4, -0.2) is 39.8 Å². The highest BCUT2D eigenvalue weighted by molar-refractivity contribution is 7.85. The largest absolute Gasteiger partial charge is 0.506 e. The molecule has 2 N–H and O–H groups in total. The number of hydrogen-bond donors (Lipinski definition) is 2. The molecular formula is C24H30FN3O3S. The van der Waals surface area contributed by atoms with Gasteiger partial charge in [-0.3, -0.25) is 18.7 Å². The summed E-state index contributed by atoms with van der Waals surface area (Å²) < 4.78 is 30.9. The third-order valence-electron chi connectivity index (χ3n) is 6.23. The fraction of sp³-hybridized carbons (Fsp3) is 0.458. The smallest absolute Gasteiger partial charge is 0.253 e. The Morgan fingerprint density at radius 1 is 1.19 bits per heavy atom. The van der Waals surface area contributed by atoms with Crippen molar-refractivity contribution in [3.8, 4) is 5.75 Å². The van der Waals surface area contributed by atoms with Gasteiger partial charge in [-0.2, -0.15) is 0 Å². The molecule has 0 spiro atoms. The van der Waals surface area contributed by atoms with E-state index in [9.17, 15) is 14.1 Å². The molecule has 2 heterocycles. The van der Waals surface area contributed by atoms with Gasteiger partial charge in [0.25, 0.3) is 5.91 Å². The molecule has 2 aliphatic rings. The van der Waals surface area contributed by atoms with E-state index in [0.29, 0.717) is 30.4 Å². The molecule has 1 fully saturated rings. The van der Waals surface area contributed by atoms with E-state index in [1.165, 1.54) is 11.1 Å². The molecule has 8 heteroatoms. The minimum atomic E-state index is -1.89. The summed E-state index contributed by atoms with van der Waals surface area (Å²) in [5.74, 6) is -0.420. The first-order chi connectivity index (χ1) is 15.2. The second-order valence-electron chi connectivity index (χ2n) is 9.20. The number of amides is 1. The van der Waals surface area contributed by atoms with Gasteiger partial charge in [-0.15, -0.1) is 0 Å². The van der Waals surface area contributed by atoms with E-state index in [2.05, 4.69) is 54.7 Å². The number of nitrogens with one attached hydrogen (secondary N) is 1. The first kappa shape index (κ1) is 22.7. The van der Waals surface area contributed by atoms with E-state index in [1.807, 2.05) is 0 Å². The van der Waals surface area contributed by atoms with Gasteiger partial charge in [0.2, 0.25) is 11.2 Å². The van der Waals surface area contributed by atoms with Crippen LogP contribution in [0, 0.1) is 11.7 Å². The van der Waals surface area contributed by atoms with Gasteiger partial charge >= 0.3 is 0 Å². The van der Waals surface area contributed by atoms with Gasteiger partial charge in [0.1, 0.15) is 18.0 Å². The molecule has 1 saturated heterocycles. The fourth-order valence-corrected chi connectivity index (χ4v) is 5.51. The molecule has 6 nitrogen and oxygen atoms in total. The number of halogens is 1. The average molecular weight is 460 g/mol. The van der Waals surface area contributed by atoms with Crippen LogP contribution < -0.4 is 9.03 Å². The number of rotatable bonds is 6. The van der Waals surface area contributed by atoms with Crippen LogP contribution in [0.4, 0.5) is 10.1 Å². The van der Waals surface area contributed by atoms with Gasteiger partial charge in [-0.25, -0.2) is 8.60 Å². The lowest BCUT2D eigenvalue weighted by molar-refractivity contribution is -0.117. The van der Waals surface area contributed by atoms with Crippen molar-refractivity contribution in [1.82, 2.24) is 9.62 Å². The molecular weight excluding hydrogens is 429 g/mol. The third-order valence-corrected chi connectivity index (χ3v) is 7.35. The number of nitrogens with zero attached hydrogens (tertiary/aromatic N) is 2. The van der Waals surface area contributed by atoms with Crippen molar-refractivity contribution in [2.75, 3.05) is 23.9 Å². The number of carbonyl (C=O) groups is 1. The van der Waals surface area contributed by atoms with Crippen molar-refractivity contribution in [3.63, 3.8) is 0 Å². The van der Waals surface area contributed by atoms with Crippen molar-refractivity contribution in [2.24, 2.45) is 5.92 Å². The fourth-order valence-electron chi connectivity index (χ4n) is 4.57. The Kier molecular flexibility index (Phi) is 6.53. The topological polar surface area (TPSA) is 72.9 Å². The Morgan fingerprint density at radius 2 is 1.91 bits per heavy atom. The second-order valence-corrected chi connectivity index (χ2v) is 10.3. The molecule has 0 radical (unpaired) electrons. The number of carbonyl (C=O) groups excluding carboxylic acids is 1. The van der Waals surface area contributed by atoms with E-state index in [-0.39, 0.29) is 18.0 Å². The Labute approximate surface area is 191 Å². The van der Waals surface area contributed by atoms with E-state index in [4.69, 9.17) is 0 Å². The summed E-state index contributed by atoms with van der Waals surface area (Å²) in [6.07, 6.45) is 1.59. The Hall–Kier alpha value is -2.45. The zero-order chi connectivity index (χ0) is 23.0. The first-order valence-corrected chi connectivity index (χ1v) is 12.2. The molecule has 0 bridgehead atoms. The standard InChI is InChI=1S/C24H30FN3O3S/c1-15(2)18-6-4-17(5-7-18)10-16(3)12-27-9-8-19-11-21(29)24(23(25)20(19)13-27)28-14-22(30)26-32(28)31/h4-7,11,15-16,29H,8-10,12-14H2,1-3H3,(H,26,30). The van der Waals surface area contributed by atoms with Crippen LogP contribution in [0.2, 0.25) is 0 Å². The van der Waals surface area contributed by atoms with Crippen LogP contribution >= 0.6 is 0 Å². The van der Waals surface area contributed by atoms with Gasteiger partial charge < -0.3 is 5.11 Å². The SMILES string of the molecule is CC(Cc1ccc(C(C)C)cc1)CN1CCc2cc(O)c(N3CC(=O)NS3=O)c(F)c2C1. The number of benzene rings is 2. The number of phenolic OH excluding ortho intramolecular Hbond substituents is 1. The van der Waals surface area contributed by atoms with Crippen LogP contribution in [0.15, 0.2) is 30.3 Å². The molecule has 0 saturated carbocycles. The number of hydrogen-bond acceptors (Lipinski definition) is 4. The lowest BCUT2D eigenvalue weighted by Gasteiger charge is -2.32. The maximum absolute atomic E-state index is 15.4. The number of anilines is 1. The van der Waals surface area contributed by atoms with Crippen molar-refractivity contribution in [3.05, 3.63) is 58.4 Å². The van der Waals surface area contributed by atoms with Crippen molar-refractivity contribution in [2.45, 2.75) is 46.1 Å². The van der Waals surface area contributed by atoms with Crippen LogP contribution in [-0.2, 0) is 35.4 Å². The monoisotopic (exact) mass is 459 g/mol. The zero-order valence-electron chi connectivity index (χ0n) is 18.7. The summed E-state index contributed by atoms with van der Waals surface area (Å²) in [5, 5.41) is 10.4. The van der Waals surface area contributed by atoms with Gasteiger partial charge in [-0.05, 0) is 47.4 Å². The molecule has 2 unspecified atom stereocenters. The van der Waals surface area contributed by atoms with E-state index < -0.39 is 22.9 Å². The minimum Gasteiger partial charge on any atom is -0.506 e. The summed E-state index contributed by atoms with van der Waals surface area (Å²) in [7, 11) is 0. The predicted octanol–water partition coefficient (Wildman–Crippen LogP) is 3.41. The summed E-state index contributed by atoms with van der Waals surface area (Å²) in [6.45, 7) is 8.38. The molecule has 0 aromatic heterocycles. The third kappa shape index (κ3) is 4.66. The Morgan fingerprint density at radius 3 is 2.53 bits per heavy atom. The maximum atomic E-state index is 15.4. The van der Waals surface area contributed by atoms with E-state index in [1.54, 1.807) is 6.07 Å². The highest BCUT2D eigenvalue weighted by Crippen LogP contribution is 2.38. The van der Waals surface area contributed by atoms with Crippen LogP contribution in [0.5, 0.6) is 5.75 Å². The van der Waals surface area contributed by atoms with Crippen LogP contribution in [0.1, 0.15) is 48.9 Å². The number of fused-ring (bicyclic) bond motifs is 1. The highest BCUT2D eigenvalue weighted by atomic mass is 32.2. The quantitative estimate of drug-likeness (QED) is 0.695. The highest BCUT2D eigenvalue weighted by Gasteiger charge is 2.34. The van der Waals surface area contributed by atoms with Crippen molar-refractivity contribution >= 4 is 22.8 Å². The van der Waals surface area contributed by atoms with E-state index in [0.717, 1.165) is 29.4 Å². The predicted molar refractivity (Wildman–Crippen MR) is 124 cm³/mol. The summed E-state index contributed by atoms with van der Waals surface area (Å²) in [6, 6.07) is 10.3. The van der Waals surface area contributed by atoms with Gasteiger partial charge in [0, 0.05) is 25.2 Å². The molecule has 172 valence electrons. The molecule has 4 rings (SSSR count). The first-order valence-electron chi connectivity index (χ1n) is 11.1. The summed E-state index contributed by atoms with van der Waals surface area (Å²) in [5.41, 5.74) is 3.74. The number of phenols is 1. The van der Waals surface area contributed by atoms with Crippen LogP contribution in [0.25, 0.3) is 0 Å². The molecule has 2 aromatic rings. The van der Waals surface area contributed by atoms with Gasteiger partial charge in [0.15, 0.2) is 5.82 Å². The lowest BCUT2D eigenvalue weighted by Crippen LogP contribution is -2.35. The van der Waals surface area contributed by atoms with Crippen molar-refractivity contribution in [1.29, 1.82) is 0 Å². The Balaban J connectivity index is 1.46. The normalized spacial score (nSPS) is 19.8.